The minimum atomic E-state index is -0.702. The topological polar surface area (TPSA) is 77.8 Å². The van der Waals surface area contributed by atoms with Gasteiger partial charge in [-0.25, -0.2) is 9.37 Å². The molecule has 0 fully saturated rings. The summed E-state index contributed by atoms with van der Waals surface area (Å²) >= 11 is 5.93. The number of nitrogens with one attached hydrogen (secondary N) is 2. The molecule has 106 valence electrons. The third-order valence-electron chi connectivity index (χ3n) is 2.73. The number of halogens is 2. The fourth-order valence-electron chi connectivity index (χ4n) is 1.68. The summed E-state index contributed by atoms with van der Waals surface area (Å²) in [4.78, 5) is 16.2. The second-order valence-corrected chi connectivity index (χ2v) is 4.43. The number of rotatable bonds is 3. The third-order valence-corrected chi connectivity index (χ3v) is 3.03. The third kappa shape index (κ3) is 3.09. The Morgan fingerprint density at radius 1 is 1.48 bits per heavy atom. The largest absolute Gasteiger partial charge is 0.373 e. The van der Waals surface area contributed by atoms with Crippen LogP contribution in [0.2, 0.25) is 5.02 Å². The second kappa shape index (κ2) is 6.20. The molecule has 1 aromatic heterocycles. The molecule has 5 nitrogen and oxygen atoms in total. The van der Waals surface area contributed by atoms with Gasteiger partial charge in [0.15, 0.2) is 0 Å². The van der Waals surface area contributed by atoms with Gasteiger partial charge in [0.05, 0.1) is 16.3 Å². The van der Waals surface area contributed by atoms with Gasteiger partial charge in [-0.2, -0.15) is 5.26 Å². The van der Waals surface area contributed by atoms with Crippen LogP contribution in [0.4, 0.5) is 15.9 Å². The van der Waals surface area contributed by atoms with Crippen molar-refractivity contribution in [1.29, 1.82) is 5.26 Å². The number of pyridine rings is 1. The Morgan fingerprint density at radius 3 is 2.90 bits per heavy atom. The van der Waals surface area contributed by atoms with Gasteiger partial charge in [0, 0.05) is 13.2 Å². The van der Waals surface area contributed by atoms with Crippen molar-refractivity contribution in [1.82, 2.24) is 4.98 Å². The number of nitriles is 1. The Hall–Kier alpha value is -2.65. The fourth-order valence-corrected chi connectivity index (χ4v) is 1.87. The van der Waals surface area contributed by atoms with E-state index in [4.69, 9.17) is 16.9 Å². The standard InChI is InChI=1S/C14H10ClFN4O/c1-18-13-5-8(10(15)7-19-13)14(21)20-12-4-2-3-11(16)9(12)6-17/h2-5,7H,1H3,(H,18,19)(H,20,21). The van der Waals surface area contributed by atoms with E-state index >= 15 is 0 Å². The zero-order valence-electron chi connectivity index (χ0n) is 10.9. The van der Waals surface area contributed by atoms with Crippen molar-refractivity contribution in [2.24, 2.45) is 0 Å². The van der Waals surface area contributed by atoms with E-state index in [-0.39, 0.29) is 21.8 Å². The van der Waals surface area contributed by atoms with E-state index in [1.54, 1.807) is 13.1 Å². The molecule has 1 heterocycles. The van der Waals surface area contributed by atoms with Crippen LogP contribution in [0.15, 0.2) is 30.5 Å². The maximum absolute atomic E-state index is 13.5. The Balaban J connectivity index is 2.35. The molecule has 1 aromatic carbocycles. The highest BCUT2D eigenvalue weighted by Crippen LogP contribution is 2.22. The van der Waals surface area contributed by atoms with Crippen molar-refractivity contribution in [2.45, 2.75) is 0 Å². The zero-order valence-corrected chi connectivity index (χ0v) is 11.7. The van der Waals surface area contributed by atoms with Crippen LogP contribution in [0.5, 0.6) is 0 Å². The first-order valence-corrected chi connectivity index (χ1v) is 6.28. The molecule has 0 spiro atoms. The van der Waals surface area contributed by atoms with E-state index in [0.717, 1.165) is 6.07 Å². The van der Waals surface area contributed by atoms with Gasteiger partial charge in [0.1, 0.15) is 23.3 Å². The average molecular weight is 305 g/mol. The lowest BCUT2D eigenvalue weighted by Gasteiger charge is -2.09. The summed E-state index contributed by atoms with van der Waals surface area (Å²) in [6, 6.07) is 7.16. The van der Waals surface area contributed by atoms with Crippen LogP contribution in [0.25, 0.3) is 0 Å². The highest BCUT2D eigenvalue weighted by molar-refractivity contribution is 6.34. The molecule has 2 aromatic rings. The molecule has 0 unspecified atom stereocenters. The summed E-state index contributed by atoms with van der Waals surface area (Å²) in [5.74, 6) is -0.794. The molecule has 0 saturated heterocycles. The number of benzene rings is 1. The number of hydrogen-bond donors (Lipinski definition) is 2. The van der Waals surface area contributed by atoms with Gasteiger partial charge in [0.2, 0.25) is 0 Å². The highest BCUT2D eigenvalue weighted by Gasteiger charge is 2.15. The van der Waals surface area contributed by atoms with Gasteiger partial charge in [-0.05, 0) is 18.2 Å². The van der Waals surface area contributed by atoms with Crippen molar-refractivity contribution in [2.75, 3.05) is 17.7 Å². The molecule has 2 rings (SSSR count). The maximum Gasteiger partial charge on any atom is 0.257 e. The SMILES string of the molecule is CNc1cc(C(=O)Nc2cccc(F)c2C#N)c(Cl)cn1. The fraction of sp³-hybridized carbons (Fsp3) is 0.0714. The van der Waals surface area contributed by atoms with Crippen LogP contribution in [-0.4, -0.2) is 17.9 Å². The lowest BCUT2D eigenvalue weighted by atomic mass is 10.1. The van der Waals surface area contributed by atoms with Crippen molar-refractivity contribution < 1.29 is 9.18 Å². The number of carbonyl (C=O) groups excluding carboxylic acids is 1. The lowest BCUT2D eigenvalue weighted by Crippen LogP contribution is -2.14. The molecule has 0 bridgehead atoms. The van der Waals surface area contributed by atoms with E-state index in [1.807, 2.05) is 0 Å². The van der Waals surface area contributed by atoms with Crippen molar-refractivity contribution >= 4 is 29.0 Å². The molecular weight excluding hydrogens is 295 g/mol. The van der Waals surface area contributed by atoms with Gasteiger partial charge in [-0.15, -0.1) is 0 Å². The van der Waals surface area contributed by atoms with Crippen LogP contribution in [0, 0.1) is 17.1 Å². The van der Waals surface area contributed by atoms with E-state index in [1.165, 1.54) is 24.4 Å². The number of nitrogens with zero attached hydrogens (tertiary/aromatic N) is 2. The number of hydrogen-bond acceptors (Lipinski definition) is 4. The Morgan fingerprint density at radius 2 is 2.24 bits per heavy atom. The highest BCUT2D eigenvalue weighted by atomic mass is 35.5. The molecule has 0 atom stereocenters. The molecule has 0 aliphatic rings. The number of carbonyl (C=O) groups is 1. The molecule has 21 heavy (non-hydrogen) atoms. The first kappa shape index (κ1) is 14.8. The van der Waals surface area contributed by atoms with Crippen molar-refractivity contribution in [3.63, 3.8) is 0 Å². The van der Waals surface area contributed by atoms with E-state index in [2.05, 4.69) is 15.6 Å². The summed E-state index contributed by atoms with van der Waals surface area (Å²) in [6.45, 7) is 0. The van der Waals surface area contributed by atoms with Gasteiger partial charge < -0.3 is 10.6 Å². The molecular formula is C14H10ClFN4O. The molecule has 0 radical (unpaired) electrons. The molecule has 0 aliphatic heterocycles. The van der Waals surface area contributed by atoms with Crippen molar-refractivity contribution in [3.8, 4) is 6.07 Å². The molecule has 2 N–H and O–H groups in total. The Kier molecular flexibility index (Phi) is 4.36. The number of aromatic nitrogens is 1. The smallest absolute Gasteiger partial charge is 0.257 e. The van der Waals surface area contributed by atoms with Crippen LogP contribution >= 0.6 is 11.6 Å². The van der Waals surface area contributed by atoms with Gasteiger partial charge in [0.25, 0.3) is 5.91 Å². The lowest BCUT2D eigenvalue weighted by molar-refractivity contribution is 0.102. The maximum atomic E-state index is 13.5. The molecule has 1 amide bonds. The van der Waals surface area contributed by atoms with E-state index in [9.17, 15) is 9.18 Å². The molecule has 7 heteroatoms. The summed E-state index contributed by atoms with van der Waals surface area (Å²) in [6.07, 6.45) is 1.33. The minimum Gasteiger partial charge on any atom is -0.373 e. The van der Waals surface area contributed by atoms with Gasteiger partial charge in [-0.1, -0.05) is 17.7 Å². The normalized spacial score (nSPS) is 9.81. The number of amides is 1. The van der Waals surface area contributed by atoms with E-state index in [0.29, 0.717) is 5.82 Å². The van der Waals surface area contributed by atoms with Gasteiger partial charge >= 0.3 is 0 Å². The Labute approximate surface area is 125 Å². The second-order valence-electron chi connectivity index (χ2n) is 4.03. The van der Waals surface area contributed by atoms with Crippen LogP contribution in [-0.2, 0) is 0 Å². The quantitative estimate of drug-likeness (QED) is 0.913. The predicted molar refractivity (Wildman–Crippen MR) is 77.9 cm³/mol. The molecule has 0 saturated carbocycles. The summed E-state index contributed by atoms with van der Waals surface area (Å²) < 4.78 is 13.5. The number of anilines is 2. The summed E-state index contributed by atoms with van der Waals surface area (Å²) in [5.41, 5.74) is 0.0235. The van der Waals surface area contributed by atoms with Crippen molar-refractivity contribution in [3.05, 3.63) is 52.4 Å². The first-order valence-electron chi connectivity index (χ1n) is 5.90. The molecule has 0 aliphatic carbocycles. The Bertz CT molecular complexity index is 742. The van der Waals surface area contributed by atoms with E-state index < -0.39 is 11.7 Å². The monoisotopic (exact) mass is 304 g/mol. The summed E-state index contributed by atoms with van der Waals surface area (Å²) in [5, 5.41) is 14.3. The van der Waals surface area contributed by atoms with Gasteiger partial charge in [-0.3, -0.25) is 4.79 Å². The minimum absolute atomic E-state index is 0.0846. The average Bonchev–Trinajstić information content (AvgIpc) is 2.48. The predicted octanol–water partition coefficient (Wildman–Crippen LogP) is 3.04. The van der Waals surface area contributed by atoms with Crippen LogP contribution in [0.3, 0.4) is 0 Å². The first-order chi connectivity index (χ1) is 10.1. The van der Waals surface area contributed by atoms with Crippen LogP contribution < -0.4 is 10.6 Å². The van der Waals surface area contributed by atoms with Crippen LogP contribution in [0.1, 0.15) is 15.9 Å². The summed E-state index contributed by atoms with van der Waals surface area (Å²) in [7, 11) is 1.65. The zero-order chi connectivity index (χ0) is 15.4.